The first-order valence-electron chi connectivity index (χ1n) is 8.98. The second kappa shape index (κ2) is 7.78. The Morgan fingerprint density at radius 2 is 1.75 bits per heavy atom. The average molecular weight is 389 g/mol. The predicted octanol–water partition coefficient (Wildman–Crippen LogP) is 4.14. The number of carbonyl (C=O) groups excluding carboxylic acids is 1. The summed E-state index contributed by atoms with van der Waals surface area (Å²) < 4.78 is 0. The summed E-state index contributed by atoms with van der Waals surface area (Å²) in [5.74, 6) is 0.402. The van der Waals surface area contributed by atoms with Crippen LogP contribution in [0.5, 0.6) is 0 Å². The Labute approximate surface area is 166 Å². The molecule has 2 aromatic heterocycles. The first kappa shape index (κ1) is 18.1. The Morgan fingerprint density at radius 1 is 1.00 bits per heavy atom. The number of nitrogens with zero attached hydrogens (tertiary/aromatic N) is 2. The van der Waals surface area contributed by atoms with E-state index in [0.717, 1.165) is 10.4 Å². The molecule has 0 fully saturated rings. The highest BCUT2D eigenvalue weighted by Gasteiger charge is 2.19. The van der Waals surface area contributed by atoms with E-state index in [1.54, 1.807) is 17.0 Å². The van der Waals surface area contributed by atoms with E-state index in [1.807, 2.05) is 61.5 Å². The minimum atomic E-state index is -0.195. The number of nitrogens with one attached hydrogen (secondary N) is 1. The molecule has 0 aliphatic rings. The second-order valence-electron chi connectivity index (χ2n) is 6.59. The zero-order valence-electron chi connectivity index (χ0n) is 15.4. The van der Waals surface area contributed by atoms with E-state index in [0.29, 0.717) is 28.1 Å². The molecule has 0 unspecified atom stereocenters. The van der Waals surface area contributed by atoms with Gasteiger partial charge in [0.2, 0.25) is 0 Å². The molecule has 0 atom stereocenters. The molecule has 0 aliphatic carbocycles. The van der Waals surface area contributed by atoms with Crippen molar-refractivity contribution in [3.05, 3.63) is 98.2 Å². The number of carbonyl (C=O) groups is 1. The standard InChI is InChI=1S/C22H19N3O2S/c1-15-11-12-19(28-15)22(27)25(13-16-7-3-2-4-8-16)14-20-23-18-10-6-5-9-17(18)21(26)24-20/h2-12H,13-14H2,1H3,(H,23,24,26). The van der Waals surface area contributed by atoms with Crippen LogP contribution in [0, 0.1) is 6.92 Å². The zero-order chi connectivity index (χ0) is 19.5. The van der Waals surface area contributed by atoms with Crippen molar-refractivity contribution in [3.8, 4) is 0 Å². The number of amides is 1. The Kier molecular flexibility index (Phi) is 5.04. The number of hydrogen-bond acceptors (Lipinski definition) is 4. The van der Waals surface area contributed by atoms with Crippen LogP contribution in [0.15, 0.2) is 71.5 Å². The van der Waals surface area contributed by atoms with Crippen LogP contribution < -0.4 is 5.56 Å². The van der Waals surface area contributed by atoms with E-state index in [9.17, 15) is 9.59 Å². The SMILES string of the molecule is Cc1ccc(C(=O)N(Cc2ccccc2)Cc2nc3ccccc3c(=O)[nH]2)s1. The number of thiophene rings is 1. The normalized spacial score (nSPS) is 10.9. The van der Waals surface area contributed by atoms with Crippen molar-refractivity contribution in [3.63, 3.8) is 0 Å². The third-order valence-corrected chi connectivity index (χ3v) is 5.45. The predicted molar refractivity (Wildman–Crippen MR) is 111 cm³/mol. The van der Waals surface area contributed by atoms with Gasteiger partial charge in [-0.1, -0.05) is 42.5 Å². The van der Waals surface area contributed by atoms with Gasteiger partial charge < -0.3 is 9.88 Å². The summed E-state index contributed by atoms with van der Waals surface area (Å²) in [4.78, 5) is 36.4. The molecule has 0 saturated heterocycles. The number of fused-ring (bicyclic) bond motifs is 1. The van der Waals surface area contributed by atoms with Crippen molar-refractivity contribution in [2.24, 2.45) is 0 Å². The van der Waals surface area contributed by atoms with E-state index < -0.39 is 0 Å². The first-order valence-corrected chi connectivity index (χ1v) is 9.79. The van der Waals surface area contributed by atoms with Crippen molar-refractivity contribution in [1.82, 2.24) is 14.9 Å². The molecule has 0 aliphatic heterocycles. The van der Waals surface area contributed by atoms with Crippen molar-refractivity contribution in [2.75, 3.05) is 0 Å². The molecule has 5 nitrogen and oxygen atoms in total. The van der Waals surface area contributed by atoms with Crippen LogP contribution in [0.4, 0.5) is 0 Å². The summed E-state index contributed by atoms with van der Waals surface area (Å²) in [5, 5.41) is 0.543. The van der Waals surface area contributed by atoms with Gasteiger partial charge >= 0.3 is 0 Å². The average Bonchev–Trinajstić information content (AvgIpc) is 3.14. The third kappa shape index (κ3) is 3.87. The highest BCUT2D eigenvalue weighted by atomic mass is 32.1. The maximum absolute atomic E-state index is 13.1. The van der Waals surface area contributed by atoms with Crippen LogP contribution in [0.2, 0.25) is 0 Å². The van der Waals surface area contributed by atoms with Crippen LogP contribution in [-0.4, -0.2) is 20.8 Å². The van der Waals surface area contributed by atoms with E-state index in [4.69, 9.17) is 0 Å². The van der Waals surface area contributed by atoms with Crippen molar-refractivity contribution >= 4 is 28.1 Å². The fourth-order valence-electron chi connectivity index (χ4n) is 3.10. The maximum atomic E-state index is 13.1. The van der Waals surface area contributed by atoms with Gasteiger partial charge in [-0.3, -0.25) is 9.59 Å². The molecular weight excluding hydrogens is 370 g/mol. The minimum Gasteiger partial charge on any atom is -0.326 e. The quantitative estimate of drug-likeness (QED) is 0.558. The monoisotopic (exact) mass is 389 g/mol. The number of benzene rings is 2. The Balaban J connectivity index is 1.69. The molecule has 0 radical (unpaired) electrons. The summed E-state index contributed by atoms with van der Waals surface area (Å²) >= 11 is 1.47. The molecule has 0 saturated carbocycles. The van der Waals surface area contributed by atoms with Crippen molar-refractivity contribution in [2.45, 2.75) is 20.0 Å². The van der Waals surface area contributed by atoms with Crippen LogP contribution in [0.1, 0.15) is 25.9 Å². The summed E-state index contributed by atoms with van der Waals surface area (Å²) in [6.45, 7) is 2.64. The van der Waals surface area contributed by atoms with Gasteiger partial charge in [0.25, 0.3) is 11.5 Å². The van der Waals surface area contributed by atoms with Gasteiger partial charge in [-0.25, -0.2) is 4.98 Å². The van der Waals surface area contributed by atoms with Crippen molar-refractivity contribution in [1.29, 1.82) is 0 Å². The molecule has 4 aromatic rings. The Bertz CT molecular complexity index is 1180. The maximum Gasteiger partial charge on any atom is 0.264 e. The molecule has 0 spiro atoms. The summed E-state index contributed by atoms with van der Waals surface area (Å²) in [6.07, 6.45) is 0. The lowest BCUT2D eigenvalue weighted by Crippen LogP contribution is -2.31. The molecule has 6 heteroatoms. The molecule has 4 rings (SSSR count). The second-order valence-corrected chi connectivity index (χ2v) is 7.87. The fourth-order valence-corrected chi connectivity index (χ4v) is 3.93. The topological polar surface area (TPSA) is 66.1 Å². The number of para-hydroxylation sites is 1. The molecule has 1 N–H and O–H groups in total. The number of aryl methyl sites for hydroxylation is 1. The highest BCUT2D eigenvalue weighted by molar-refractivity contribution is 7.13. The fraction of sp³-hybridized carbons (Fsp3) is 0.136. The minimum absolute atomic E-state index is 0.0715. The van der Waals surface area contributed by atoms with Gasteiger partial charge in [-0.05, 0) is 36.8 Å². The summed E-state index contributed by atoms with van der Waals surface area (Å²) in [6, 6.07) is 20.8. The van der Waals surface area contributed by atoms with Gasteiger partial charge in [0, 0.05) is 11.4 Å². The molecule has 140 valence electrons. The third-order valence-electron chi connectivity index (χ3n) is 4.46. The molecule has 1 amide bonds. The van der Waals surface area contributed by atoms with Crippen molar-refractivity contribution < 1.29 is 4.79 Å². The molecule has 2 aromatic carbocycles. The molecule has 28 heavy (non-hydrogen) atoms. The number of aromatic nitrogens is 2. The van der Waals surface area contributed by atoms with Crippen LogP contribution in [0.3, 0.4) is 0 Å². The van der Waals surface area contributed by atoms with Gasteiger partial charge in [0.1, 0.15) is 5.82 Å². The zero-order valence-corrected chi connectivity index (χ0v) is 16.2. The summed E-state index contributed by atoms with van der Waals surface area (Å²) in [7, 11) is 0. The Hall–Kier alpha value is -3.25. The summed E-state index contributed by atoms with van der Waals surface area (Å²) in [5.41, 5.74) is 1.45. The van der Waals surface area contributed by atoms with E-state index in [2.05, 4.69) is 9.97 Å². The smallest absolute Gasteiger partial charge is 0.264 e. The Morgan fingerprint density at radius 3 is 2.50 bits per heavy atom. The molecular formula is C22H19N3O2S. The van der Waals surface area contributed by atoms with Crippen LogP contribution in [-0.2, 0) is 13.1 Å². The largest absolute Gasteiger partial charge is 0.326 e. The lowest BCUT2D eigenvalue weighted by molar-refractivity contribution is 0.0730. The molecule has 2 heterocycles. The van der Waals surface area contributed by atoms with Crippen LogP contribution >= 0.6 is 11.3 Å². The number of aromatic amines is 1. The van der Waals surface area contributed by atoms with E-state index >= 15 is 0 Å². The lowest BCUT2D eigenvalue weighted by atomic mass is 10.2. The van der Waals surface area contributed by atoms with Gasteiger partial charge in [-0.15, -0.1) is 11.3 Å². The number of H-pyrrole nitrogens is 1. The molecule has 0 bridgehead atoms. The van der Waals surface area contributed by atoms with E-state index in [1.165, 1.54) is 11.3 Å². The highest BCUT2D eigenvalue weighted by Crippen LogP contribution is 2.20. The van der Waals surface area contributed by atoms with Gasteiger partial charge in [0.05, 0.1) is 22.3 Å². The number of hydrogen-bond donors (Lipinski definition) is 1. The lowest BCUT2D eigenvalue weighted by Gasteiger charge is -2.22. The van der Waals surface area contributed by atoms with Gasteiger partial charge in [-0.2, -0.15) is 0 Å². The van der Waals surface area contributed by atoms with Crippen LogP contribution in [0.25, 0.3) is 10.9 Å². The number of rotatable bonds is 5. The first-order chi connectivity index (χ1) is 13.6. The van der Waals surface area contributed by atoms with Gasteiger partial charge in [0.15, 0.2) is 0 Å². The van der Waals surface area contributed by atoms with E-state index in [-0.39, 0.29) is 18.0 Å².